The summed E-state index contributed by atoms with van der Waals surface area (Å²) in [5.41, 5.74) is 0.747. The minimum absolute atomic E-state index is 0.00217. The van der Waals surface area contributed by atoms with Crippen LogP contribution < -0.4 is 0 Å². The van der Waals surface area contributed by atoms with Gasteiger partial charge in [-0.25, -0.2) is 17.9 Å². The molecule has 8 heteroatoms. The Morgan fingerprint density at radius 1 is 1.32 bits per heavy atom. The van der Waals surface area contributed by atoms with Crippen LogP contribution in [0.15, 0.2) is 0 Å². The van der Waals surface area contributed by atoms with Crippen molar-refractivity contribution in [3.05, 3.63) is 11.4 Å². The van der Waals surface area contributed by atoms with Gasteiger partial charge >= 0.3 is 5.97 Å². The standard InChI is InChI=1S/C11H19N3O4S/c1-4-7-19(16,17)8-6-14-9(5-2)10(12-13-14)11(15)18-3/h4-8H2,1-3H3. The van der Waals surface area contributed by atoms with Gasteiger partial charge in [0.15, 0.2) is 15.5 Å². The Morgan fingerprint density at radius 2 is 2.00 bits per heavy atom. The SMILES string of the molecule is CCCS(=O)(=O)CCn1nnc(C(=O)OC)c1CC. The fraction of sp³-hybridized carbons (Fsp3) is 0.727. The van der Waals surface area contributed by atoms with Crippen molar-refractivity contribution in [2.75, 3.05) is 18.6 Å². The van der Waals surface area contributed by atoms with E-state index in [9.17, 15) is 13.2 Å². The van der Waals surface area contributed by atoms with Crippen LogP contribution in [-0.4, -0.2) is 48.0 Å². The number of rotatable bonds is 7. The molecule has 1 aromatic rings. The molecule has 0 aromatic carbocycles. The smallest absolute Gasteiger partial charge is 0.360 e. The molecular weight excluding hydrogens is 270 g/mol. The van der Waals surface area contributed by atoms with Gasteiger partial charge in [-0.3, -0.25) is 0 Å². The maximum absolute atomic E-state index is 11.6. The summed E-state index contributed by atoms with van der Waals surface area (Å²) < 4.78 is 29.4. The monoisotopic (exact) mass is 289 g/mol. The van der Waals surface area contributed by atoms with Crippen LogP contribution in [0.5, 0.6) is 0 Å². The molecule has 0 aliphatic rings. The molecule has 0 spiro atoms. The minimum Gasteiger partial charge on any atom is -0.464 e. The number of esters is 1. The molecule has 0 bridgehead atoms. The van der Waals surface area contributed by atoms with Crippen molar-refractivity contribution in [3.63, 3.8) is 0 Å². The number of carbonyl (C=O) groups is 1. The first-order valence-corrected chi connectivity index (χ1v) is 7.98. The average molecular weight is 289 g/mol. The summed E-state index contributed by atoms with van der Waals surface area (Å²) in [6, 6.07) is 0. The number of sulfone groups is 1. The van der Waals surface area contributed by atoms with Gasteiger partial charge in [0.25, 0.3) is 0 Å². The Bertz CT molecular complexity index is 536. The number of carbonyl (C=O) groups excluding carboxylic acids is 1. The molecule has 0 saturated heterocycles. The molecule has 0 aliphatic carbocycles. The topological polar surface area (TPSA) is 91.1 Å². The van der Waals surface area contributed by atoms with E-state index in [2.05, 4.69) is 15.0 Å². The molecular formula is C11H19N3O4S. The molecule has 1 rings (SSSR count). The van der Waals surface area contributed by atoms with Crippen LogP contribution in [0.4, 0.5) is 0 Å². The molecule has 7 nitrogen and oxygen atoms in total. The van der Waals surface area contributed by atoms with E-state index in [1.165, 1.54) is 11.8 Å². The van der Waals surface area contributed by atoms with E-state index in [0.717, 1.165) is 0 Å². The number of aromatic nitrogens is 3. The number of ether oxygens (including phenoxy) is 1. The summed E-state index contributed by atoms with van der Waals surface area (Å²) in [7, 11) is -1.81. The van der Waals surface area contributed by atoms with Crippen molar-refractivity contribution in [3.8, 4) is 0 Å². The molecule has 0 aliphatic heterocycles. The average Bonchev–Trinajstić information content (AvgIpc) is 2.78. The van der Waals surface area contributed by atoms with Gasteiger partial charge in [0.1, 0.15) is 0 Å². The summed E-state index contributed by atoms with van der Waals surface area (Å²) in [6.45, 7) is 3.87. The van der Waals surface area contributed by atoms with Gasteiger partial charge in [-0.15, -0.1) is 5.10 Å². The van der Waals surface area contributed by atoms with Crippen molar-refractivity contribution in [2.45, 2.75) is 33.2 Å². The third-order valence-corrected chi connectivity index (χ3v) is 4.52. The van der Waals surface area contributed by atoms with Gasteiger partial charge in [-0.2, -0.15) is 0 Å². The number of hydrogen-bond donors (Lipinski definition) is 0. The molecule has 19 heavy (non-hydrogen) atoms. The highest BCUT2D eigenvalue weighted by Gasteiger charge is 2.20. The number of hydrogen-bond acceptors (Lipinski definition) is 6. The van der Waals surface area contributed by atoms with Crippen molar-refractivity contribution in [2.24, 2.45) is 0 Å². The third-order valence-electron chi connectivity index (χ3n) is 2.68. The van der Waals surface area contributed by atoms with Crippen molar-refractivity contribution in [1.29, 1.82) is 0 Å². The molecule has 1 aromatic heterocycles. The molecule has 0 saturated carbocycles. The molecule has 0 radical (unpaired) electrons. The molecule has 0 unspecified atom stereocenters. The fourth-order valence-corrected chi connectivity index (χ4v) is 3.03. The Labute approximate surface area is 112 Å². The summed E-state index contributed by atoms with van der Waals surface area (Å²) in [6.07, 6.45) is 1.12. The first kappa shape index (κ1) is 15.6. The second-order valence-electron chi connectivity index (χ2n) is 4.10. The zero-order valence-corrected chi connectivity index (χ0v) is 12.2. The zero-order chi connectivity index (χ0) is 14.5. The van der Waals surface area contributed by atoms with Crippen molar-refractivity contribution >= 4 is 15.8 Å². The van der Waals surface area contributed by atoms with E-state index in [0.29, 0.717) is 18.5 Å². The van der Waals surface area contributed by atoms with E-state index >= 15 is 0 Å². The largest absolute Gasteiger partial charge is 0.464 e. The molecule has 0 fully saturated rings. The maximum atomic E-state index is 11.6. The number of aryl methyl sites for hydroxylation is 1. The molecule has 1 heterocycles. The van der Waals surface area contributed by atoms with Gasteiger partial charge in [-0.05, 0) is 12.8 Å². The Hall–Kier alpha value is -1.44. The Balaban J connectivity index is 2.85. The summed E-state index contributed by atoms with van der Waals surface area (Å²) in [4.78, 5) is 11.5. The van der Waals surface area contributed by atoms with E-state index in [-0.39, 0.29) is 23.7 Å². The highest BCUT2D eigenvalue weighted by atomic mass is 32.2. The fourth-order valence-electron chi connectivity index (χ4n) is 1.76. The lowest BCUT2D eigenvalue weighted by molar-refractivity contribution is 0.0592. The van der Waals surface area contributed by atoms with E-state index < -0.39 is 15.8 Å². The predicted molar refractivity (Wildman–Crippen MR) is 69.7 cm³/mol. The van der Waals surface area contributed by atoms with Gasteiger partial charge in [0.05, 0.1) is 25.1 Å². The van der Waals surface area contributed by atoms with Crippen LogP contribution >= 0.6 is 0 Å². The van der Waals surface area contributed by atoms with E-state index in [1.807, 2.05) is 13.8 Å². The summed E-state index contributed by atoms with van der Waals surface area (Å²) in [5.74, 6) is -0.398. The highest BCUT2D eigenvalue weighted by Crippen LogP contribution is 2.08. The lowest BCUT2D eigenvalue weighted by Gasteiger charge is -2.06. The Morgan fingerprint density at radius 3 is 2.53 bits per heavy atom. The lowest BCUT2D eigenvalue weighted by atomic mass is 10.2. The Kier molecular flexibility index (Phi) is 5.46. The highest BCUT2D eigenvalue weighted by molar-refractivity contribution is 7.91. The van der Waals surface area contributed by atoms with E-state index in [1.54, 1.807) is 0 Å². The van der Waals surface area contributed by atoms with Crippen molar-refractivity contribution < 1.29 is 17.9 Å². The normalized spacial score (nSPS) is 11.5. The predicted octanol–water partition coefficient (Wildman–Crippen LogP) is 0.452. The second-order valence-corrected chi connectivity index (χ2v) is 6.41. The number of methoxy groups -OCH3 is 1. The molecule has 0 atom stereocenters. The van der Waals surface area contributed by atoms with Gasteiger partial charge in [0.2, 0.25) is 0 Å². The quantitative estimate of drug-likeness (QED) is 0.677. The zero-order valence-electron chi connectivity index (χ0n) is 11.4. The molecule has 0 N–H and O–H groups in total. The van der Waals surface area contributed by atoms with Gasteiger partial charge in [0, 0.05) is 5.75 Å². The van der Waals surface area contributed by atoms with Gasteiger partial charge in [-0.1, -0.05) is 19.1 Å². The summed E-state index contributed by atoms with van der Waals surface area (Å²) in [5, 5.41) is 7.57. The minimum atomic E-state index is -3.08. The summed E-state index contributed by atoms with van der Waals surface area (Å²) >= 11 is 0. The maximum Gasteiger partial charge on any atom is 0.360 e. The first-order chi connectivity index (χ1) is 8.95. The lowest BCUT2D eigenvalue weighted by Crippen LogP contribution is -2.18. The van der Waals surface area contributed by atoms with Crippen LogP contribution in [0, 0.1) is 0 Å². The van der Waals surface area contributed by atoms with Crippen LogP contribution in [0.3, 0.4) is 0 Å². The van der Waals surface area contributed by atoms with Crippen LogP contribution in [0.2, 0.25) is 0 Å². The first-order valence-electron chi connectivity index (χ1n) is 6.16. The van der Waals surface area contributed by atoms with Crippen molar-refractivity contribution in [1.82, 2.24) is 15.0 Å². The van der Waals surface area contributed by atoms with Gasteiger partial charge < -0.3 is 4.74 Å². The van der Waals surface area contributed by atoms with Crippen LogP contribution in [-0.2, 0) is 27.5 Å². The molecule has 0 amide bonds. The van der Waals surface area contributed by atoms with Crippen LogP contribution in [0.25, 0.3) is 0 Å². The second kappa shape index (κ2) is 6.65. The van der Waals surface area contributed by atoms with Crippen LogP contribution in [0.1, 0.15) is 36.5 Å². The van der Waals surface area contributed by atoms with E-state index in [4.69, 9.17) is 0 Å². The third kappa shape index (κ3) is 4.02. The molecule has 108 valence electrons. The number of nitrogens with zero attached hydrogens (tertiary/aromatic N) is 3.